The maximum atomic E-state index is 13.7. The number of hydrazone groups is 1. The lowest BCUT2D eigenvalue weighted by Gasteiger charge is -2.26. The first-order valence-electron chi connectivity index (χ1n) is 11.2. The number of hydrogen-bond acceptors (Lipinski definition) is 5. The number of para-hydroxylation sites is 1. The van der Waals surface area contributed by atoms with Gasteiger partial charge in [0.2, 0.25) is 0 Å². The largest absolute Gasteiger partial charge is 0.497 e. The first-order chi connectivity index (χ1) is 17.5. The van der Waals surface area contributed by atoms with Crippen molar-refractivity contribution < 1.29 is 17.9 Å². The molecule has 0 saturated heterocycles. The van der Waals surface area contributed by atoms with Crippen LogP contribution < -0.4 is 14.5 Å². The number of rotatable bonds is 9. The maximum Gasteiger partial charge on any atom is 0.273 e. The highest BCUT2D eigenvalue weighted by Gasteiger charge is 2.28. The van der Waals surface area contributed by atoms with E-state index in [1.165, 1.54) is 22.7 Å². The zero-order chi connectivity index (χ0) is 25.4. The average Bonchev–Trinajstić information content (AvgIpc) is 2.93. The molecule has 0 radical (unpaired) electrons. The van der Waals surface area contributed by atoms with Crippen molar-refractivity contribution in [3.63, 3.8) is 0 Å². The Morgan fingerprint density at radius 3 is 2.14 bits per heavy atom. The van der Waals surface area contributed by atoms with Crippen molar-refractivity contribution in [3.8, 4) is 5.75 Å². The van der Waals surface area contributed by atoms with Crippen molar-refractivity contribution in [2.45, 2.75) is 11.4 Å². The third-order valence-corrected chi connectivity index (χ3v) is 7.19. The van der Waals surface area contributed by atoms with E-state index in [0.29, 0.717) is 5.75 Å². The summed E-state index contributed by atoms with van der Waals surface area (Å²) in [5.74, 6) is 0.180. The first kappa shape index (κ1) is 24.7. The van der Waals surface area contributed by atoms with Crippen molar-refractivity contribution in [3.05, 3.63) is 126 Å². The summed E-state index contributed by atoms with van der Waals surface area (Å²) in [6, 6.07) is 31.1. The molecule has 1 N–H and O–H groups in total. The van der Waals surface area contributed by atoms with Crippen LogP contribution in [0.5, 0.6) is 5.75 Å². The van der Waals surface area contributed by atoms with Gasteiger partial charge in [-0.25, -0.2) is 13.8 Å². The van der Waals surface area contributed by atoms with Gasteiger partial charge in [0.15, 0.2) is 0 Å². The van der Waals surface area contributed by atoms with Crippen molar-refractivity contribution in [1.82, 2.24) is 5.43 Å². The minimum atomic E-state index is -3.98. The number of ether oxygens (including phenoxy) is 1. The maximum absolute atomic E-state index is 13.7. The van der Waals surface area contributed by atoms with E-state index in [9.17, 15) is 13.2 Å². The molecule has 0 bridgehead atoms. The summed E-state index contributed by atoms with van der Waals surface area (Å²) < 4.78 is 33.8. The lowest BCUT2D eigenvalue weighted by Crippen LogP contribution is -2.33. The van der Waals surface area contributed by atoms with Crippen LogP contribution in [0, 0.1) is 0 Å². The monoisotopic (exact) mass is 499 g/mol. The topological polar surface area (TPSA) is 88.1 Å². The van der Waals surface area contributed by atoms with Gasteiger partial charge in [-0.05, 0) is 59.7 Å². The number of sulfonamides is 1. The van der Waals surface area contributed by atoms with Gasteiger partial charge in [0.1, 0.15) is 5.75 Å². The van der Waals surface area contributed by atoms with E-state index >= 15 is 0 Å². The number of anilines is 1. The second kappa shape index (κ2) is 11.3. The van der Waals surface area contributed by atoms with Gasteiger partial charge < -0.3 is 4.74 Å². The lowest BCUT2D eigenvalue weighted by molar-refractivity contribution is 0.0955. The minimum absolute atomic E-state index is 0.0531. The van der Waals surface area contributed by atoms with Crippen LogP contribution in [0.15, 0.2) is 119 Å². The van der Waals surface area contributed by atoms with Crippen LogP contribution in [0.3, 0.4) is 0 Å². The molecule has 1 amide bonds. The number of carbonyl (C=O) groups excluding carboxylic acids is 1. The van der Waals surface area contributed by atoms with Crippen LogP contribution in [0.25, 0.3) is 0 Å². The van der Waals surface area contributed by atoms with E-state index in [0.717, 1.165) is 11.1 Å². The number of carbonyl (C=O) groups is 1. The van der Waals surface area contributed by atoms with Crippen LogP contribution >= 0.6 is 0 Å². The van der Waals surface area contributed by atoms with E-state index in [4.69, 9.17) is 4.74 Å². The molecule has 182 valence electrons. The SMILES string of the molecule is COc1ccc(/C=N/NC(=O)c2ccccc2N(Cc2ccccc2)S(=O)(=O)c2ccccc2)cc1. The first-order valence-corrected chi connectivity index (χ1v) is 12.6. The summed E-state index contributed by atoms with van der Waals surface area (Å²) in [5, 5.41) is 4.04. The molecule has 4 rings (SSSR count). The fourth-order valence-electron chi connectivity index (χ4n) is 3.57. The molecule has 0 saturated carbocycles. The van der Waals surface area contributed by atoms with Crippen LogP contribution in [-0.2, 0) is 16.6 Å². The van der Waals surface area contributed by atoms with E-state index in [-0.39, 0.29) is 22.7 Å². The van der Waals surface area contributed by atoms with Crippen LogP contribution in [0.2, 0.25) is 0 Å². The molecular formula is C28H25N3O4S. The van der Waals surface area contributed by atoms with E-state index in [1.54, 1.807) is 73.8 Å². The summed E-state index contributed by atoms with van der Waals surface area (Å²) in [6.45, 7) is 0.0531. The Labute approximate surface area is 210 Å². The smallest absolute Gasteiger partial charge is 0.273 e. The van der Waals surface area contributed by atoms with Crippen molar-refractivity contribution in [1.29, 1.82) is 0 Å². The summed E-state index contributed by atoms with van der Waals surface area (Å²) in [6.07, 6.45) is 1.50. The molecule has 36 heavy (non-hydrogen) atoms. The Morgan fingerprint density at radius 1 is 0.861 bits per heavy atom. The average molecular weight is 500 g/mol. The van der Waals surface area contributed by atoms with Gasteiger partial charge in [-0.1, -0.05) is 60.7 Å². The van der Waals surface area contributed by atoms with Gasteiger partial charge in [0.25, 0.3) is 15.9 Å². The van der Waals surface area contributed by atoms with Gasteiger partial charge in [-0.3, -0.25) is 9.10 Å². The molecule has 0 unspecified atom stereocenters. The van der Waals surface area contributed by atoms with Crippen LogP contribution in [-0.4, -0.2) is 27.6 Å². The predicted octanol–water partition coefficient (Wildman–Crippen LogP) is 4.85. The molecule has 0 aromatic heterocycles. The van der Waals surface area contributed by atoms with Crippen LogP contribution in [0.4, 0.5) is 5.69 Å². The highest BCUT2D eigenvalue weighted by molar-refractivity contribution is 7.92. The Bertz CT molecular complexity index is 1440. The molecule has 0 heterocycles. The highest BCUT2D eigenvalue weighted by Crippen LogP contribution is 2.29. The molecule has 0 aliphatic carbocycles. The second-order valence-corrected chi connectivity index (χ2v) is 9.66. The number of nitrogens with one attached hydrogen (secondary N) is 1. The zero-order valence-electron chi connectivity index (χ0n) is 19.6. The molecule has 0 fully saturated rings. The standard InChI is InChI=1S/C28H25N3O4S/c1-35-24-18-16-22(17-19-24)20-29-30-28(32)26-14-8-9-15-27(26)31(21-23-10-4-2-5-11-23)36(33,34)25-12-6-3-7-13-25/h2-20H,21H2,1H3,(H,30,32)/b29-20+. The third-order valence-electron chi connectivity index (χ3n) is 5.41. The number of amides is 1. The fourth-order valence-corrected chi connectivity index (χ4v) is 5.06. The Kier molecular flexibility index (Phi) is 7.77. The molecule has 7 nitrogen and oxygen atoms in total. The van der Waals surface area contributed by atoms with Gasteiger partial charge in [-0.2, -0.15) is 5.10 Å². The number of hydrogen-bond donors (Lipinski definition) is 1. The molecule has 0 aliphatic heterocycles. The normalized spacial score (nSPS) is 11.2. The molecule has 0 aliphatic rings. The molecule has 8 heteroatoms. The molecule has 0 atom stereocenters. The van der Waals surface area contributed by atoms with Crippen LogP contribution in [0.1, 0.15) is 21.5 Å². The highest BCUT2D eigenvalue weighted by atomic mass is 32.2. The quantitative estimate of drug-likeness (QED) is 0.263. The van der Waals surface area contributed by atoms with Gasteiger partial charge in [-0.15, -0.1) is 0 Å². The Morgan fingerprint density at radius 2 is 1.47 bits per heavy atom. The van der Waals surface area contributed by atoms with Crippen molar-refractivity contribution >= 4 is 27.8 Å². The van der Waals surface area contributed by atoms with E-state index in [2.05, 4.69) is 10.5 Å². The molecule has 0 spiro atoms. The third kappa shape index (κ3) is 5.79. The fraction of sp³-hybridized carbons (Fsp3) is 0.0714. The summed E-state index contributed by atoms with van der Waals surface area (Å²) in [5.41, 5.74) is 4.48. The number of methoxy groups -OCH3 is 1. The second-order valence-electron chi connectivity index (χ2n) is 7.80. The molecule has 4 aromatic carbocycles. The Balaban J connectivity index is 1.66. The lowest BCUT2D eigenvalue weighted by atomic mass is 10.1. The zero-order valence-corrected chi connectivity index (χ0v) is 20.4. The summed E-state index contributed by atoms with van der Waals surface area (Å²) in [4.78, 5) is 13.2. The van der Waals surface area contributed by atoms with E-state index in [1.807, 2.05) is 30.3 Å². The number of nitrogens with zero attached hydrogens (tertiary/aromatic N) is 2. The van der Waals surface area contributed by atoms with Gasteiger partial charge in [0, 0.05) is 0 Å². The summed E-state index contributed by atoms with van der Waals surface area (Å²) in [7, 11) is -2.39. The van der Waals surface area contributed by atoms with Crippen molar-refractivity contribution in [2.75, 3.05) is 11.4 Å². The minimum Gasteiger partial charge on any atom is -0.497 e. The van der Waals surface area contributed by atoms with E-state index < -0.39 is 15.9 Å². The van der Waals surface area contributed by atoms with Crippen molar-refractivity contribution in [2.24, 2.45) is 5.10 Å². The Hall–Kier alpha value is -4.43. The molecule has 4 aromatic rings. The van der Waals surface area contributed by atoms with Gasteiger partial charge in [0.05, 0.1) is 36.0 Å². The van der Waals surface area contributed by atoms with Gasteiger partial charge >= 0.3 is 0 Å². The summed E-state index contributed by atoms with van der Waals surface area (Å²) >= 11 is 0. The molecular weight excluding hydrogens is 474 g/mol. The number of benzene rings is 4. The predicted molar refractivity (Wildman–Crippen MR) is 141 cm³/mol.